The Kier molecular flexibility index (Phi) is 9.85. The Hall–Kier alpha value is -3.46. The number of benzene rings is 1. The predicted octanol–water partition coefficient (Wildman–Crippen LogP) is -0.396. The lowest BCUT2D eigenvalue weighted by atomic mass is 9.82. The zero-order valence-corrected chi connectivity index (χ0v) is 20.1. The molecule has 0 spiro atoms. The third-order valence-corrected chi connectivity index (χ3v) is 6.23. The third-order valence-electron chi connectivity index (χ3n) is 6.23. The van der Waals surface area contributed by atoms with Crippen LogP contribution < -0.4 is 0 Å². The maximum absolute atomic E-state index is 12.1. The second-order valence-corrected chi connectivity index (χ2v) is 8.67. The molecule has 13 nitrogen and oxygen atoms in total. The smallest absolute Gasteiger partial charge is 0.334 e. The molecule has 8 atom stereocenters. The van der Waals surface area contributed by atoms with Gasteiger partial charge < -0.3 is 54.7 Å². The molecule has 0 amide bonds. The van der Waals surface area contributed by atoms with E-state index >= 15 is 0 Å². The number of aliphatic hydroxyl groups excluding tert-OH is 4. The average Bonchev–Trinajstić information content (AvgIpc) is 2.89. The number of carbonyl (C=O) groups excluding carboxylic acids is 1. The number of aliphatic hydroxyl groups is 4. The van der Waals surface area contributed by atoms with Gasteiger partial charge in [-0.25, -0.2) is 9.59 Å². The van der Waals surface area contributed by atoms with E-state index in [-0.39, 0.29) is 30.1 Å². The van der Waals surface area contributed by atoms with Gasteiger partial charge in [-0.1, -0.05) is 12.1 Å². The number of aliphatic carboxylic acids is 1. The monoisotopic (exact) mass is 538 g/mol. The highest BCUT2D eigenvalue weighted by Crippen LogP contribution is 2.36. The number of hydrogen-bond donors (Lipinski definition) is 7. The van der Waals surface area contributed by atoms with Gasteiger partial charge in [0.1, 0.15) is 24.4 Å². The largest absolute Gasteiger partial charge is 0.504 e. The maximum atomic E-state index is 12.1. The number of rotatable bonds is 10. The number of ether oxygens (including phenoxy) is 4. The van der Waals surface area contributed by atoms with Crippen LogP contribution in [0.25, 0.3) is 6.08 Å². The molecule has 2 aliphatic heterocycles. The molecule has 38 heavy (non-hydrogen) atoms. The normalized spacial score (nSPS) is 31.3. The Bertz CT molecular complexity index is 1070. The molecule has 7 N–H and O–H groups in total. The number of carbonyl (C=O) groups is 2. The first-order valence-electron chi connectivity index (χ1n) is 11.6. The van der Waals surface area contributed by atoms with Crippen LogP contribution in [0.3, 0.4) is 0 Å². The Morgan fingerprint density at radius 3 is 2.42 bits per heavy atom. The number of hydrogen-bond acceptors (Lipinski definition) is 12. The first-order valence-corrected chi connectivity index (χ1v) is 11.6. The molecule has 6 unspecified atom stereocenters. The summed E-state index contributed by atoms with van der Waals surface area (Å²) in [6.45, 7) is 2.83. The molecule has 3 rings (SSSR count). The summed E-state index contributed by atoms with van der Waals surface area (Å²) in [5.41, 5.74) is 0.285. The minimum atomic E-state index is -1.70. The van der Waals surface area contributed by atoms with Crippen molar-refractivity contribution < 1.29 is 64.3 Å². The standard InChI is InChI=1S/C25H30O13/c1-2-13-14(7-8-35-19(29)6-4-12-3-5-16(27)17(28)9-12)15(23(33)34)11-36-24(13)38-25-22(32)21(31)20(30)18(10-26)37-25/h2-6,9,11,13-14,18,20-22,24-28,30-32H,1,7-8,10H2,(H,33,34)/t13-,14+,18?,20?,21?,22?,24?,25?/m0/s1. The van der Waals surface area contributed by atoms with Crippen LogP contribution in [0.4, 0.5) is 0 Å². The Morgan fingerprint density at radius 1 is 1.05 bits per heavy atom. The predicted molar refractivity (Wildman–Crippen MR) is 127 cm³/mol. The summed E-state index contributed by atoms with van der Waals surface area (Å²) in [5, 5.41) is 68.1. The van der Waals surface area contributed by atoms with Gasteiger partial charge in [0, 0.05) is 17.9 Å². The minimum Gasteiger partial charge on any atom is -0.504 e. The molecule has 13 heteroatoms. The van der Waals surface area contributed by atoms with Gasteiger partial charge in [-0.15, -0.1) is 6.58 Å². The lowest BCUT2D eigenvalue weighted by Gasteiger charge is -2.43. The summed E-state index contributed by atoms with van der Waals surface area (Å²) >= 11 is 0. The lowest BCUT2D eigenvalue weighted by molar-refractivity contribution is -0.339. The van der Waals surface area contributed by atoms with Crippen molar-refractivity contribution in [2.75, 3.05) is 13.2 Å². The minimum absolute atomic E-state index is 0.0201. The molecule has 0 radical (unpaired) electrons. The van der Waals surface area contributed by atoms with Gasteiger partial charge in [0.05, 0.1) is 25.0 Å². The van der Waals surface area contributed by atoms with Gasteiger partial charge >= 0.3 is 11.9 Å². The van der Waals surface area contributed by atoms with Gasteiger partial charge in [-0.05, 0) is 30.2 Å². The second kappa shape index (κ2) is 12.9. The molecule has 0 bridgehead atoms. The molecule has 0 aliphatic carbocycles. The Labute approximate surface area is 217 Å². The zero-order chi connectivity index (χ0) is 28.0. The van der Waals surface area contributed by atoms with Gasteiger partial charge in [-0.3, -0.25) is 0 Å². The van der Waals surface area contributed by atoms with Crippen LogP contribution in [0, 0.1) is 11.8 Å². The van der Waals surface area contributed by atoms with E-state index in [4.69, 9.17) is 18.9 Å². The molecule has 208 valence electrons. The van der Waals surface area contributed by atoms with Gasteiger partial charge in [0.15, 0.2) is 17.8 Å². The molecular formula is C25H30O13. The fourth-order valence-corrected chi connectivity index (χ4v) is 4.13. The SMILES string of the molecule is C=C[C@@H]1C(OC2OC(CO)C(O)C(O)C2O)OC=C(C(=O)O)[C@@H]1CCOC(=O)C=Cc1ccc(O)c(O)c1. The summed E-state index contributed by atoms with van der Waals surface area (Å²) in [6, 6.07) is 3.97. The van der Waals surface area contributed by atoms with Crippen molar-refractivity contribution in [1.29, 1.82) is 0 Å². The topological polar surface area (TPSA) is 213 Å². The molecule has 2 aliphatic rings. The Morgan fingerprint density at radius 2 is 1.79 bits per heavy atom. The van der Waals surface area contributed by atoms with Gasteiger partial charge in [-0.2, -0.15) is 0 Å². The second-order valence-electron chi connectivity index (χ2n) is 8.67. The molecule has 1 aromatic carbocycles. The van der Waals surface area contributed by atoms with Crippen LogP contribution in [0.5, 0.6) is 11.5 Å². The first-order chi connectivity index (χ1) is 18.1. The van der Waals surface area contributed by atoms with Crippen molar-refractivity contribution in [2.45, 2.75) is 43.4 Å². The third kappa shape index (κ3) is 6.69. The van der Waals surface area contributed by atoms with E-state index in [1.807, 2.05) is 0 Å². The Balaban J connectivity index is 1.65. The molecule has 1 aromatic rings. The van der Waals surface area contributed by atoms with Crippen LogP contribution in [0.15, 0.2) is 48.8 Å². The molecule has 0 aromatic heterocycles. The van der Waals surface area contributed by atoms with Crippen molar-refractivity contribution in [3.8, 4) is 11.5 Å². The highest BCUT2D eigenvalue weighted by atomic mass is 16.8. The van der Waals surface area contributed by atoms with E-state index in [2.05, 4.69) is 6.58 Å². The molecule has 2 heterocycles. The number of aromatic hydroxyl groups is 2. The van der Waals surface area contributed by atoms with Crippen LogP contribution >= 0.6 is 0 Å². The van der Waals surface area contributed by atoms with E-state index in [1.165, 1.54) is 30.4 Å². The van der Waals surface area contributed by atoms with Crippen LogP contribution in [0.2, 0.25) is 0 Å². The number of phenols is 2. The van der Waals surface area contributed by atoms with Crippen molar-refractivity contribution in [3.05, 3.63) is 54.3 Å². The van der Waals surface area contributed by atoms with E-state index in [9.17, 15) is 45.3 Å². The number of esters is 1. The zero-order valence-electron chi connectivity index (χ0n) is 20.1. The highest BCUT2D eigenvalue weighted by Gasteiger charge is 2.47. The van der Waals surface area contributed by atoms with Gasteiger partial charge in [0.25, 0.3) is 0 Å². The summed E-state index contributed by atoms with van der Waals surface area (Å²) in [5.74, 6) is -4.33. The maximum Gasteiger partial charge on any atom is 0.334 e. The van der Waals surface area contributed by atoms with Crippen LogP contribution in [-0.4, -0.2) is 97.9 Å². The number of carboxylic acids is 1. The summed E-state index contributed by atoms with van der Waals surface area (Å²) in [7, 11) is 0. The van der Waals surface area contributed by atoms with Crippen LogP contribution in [0.1, 0.15) is 12.0 Å². The molecule has 1 fully saturated rings. The number of carboxylic acid groups (broad SMARTS) is 1. The van der Waals surface area contributed by atoms with Crippen LogP contribution in [-0.2, 0) is 28.5 Å². The van der Waals surface area contributed by atoms with Crippen molar-refractivity contribution in [3.63, 3.8) is 0 Å². The quantitative estimate of drug-likeness (QED) is 0.0876. The van der Waals surface area contributed by atoms with Crippen molar-refractivity contribution in [1.82, 2.24) is 0 Å². The average molecular weight is 539 g/mol. The molecular weight excluding hydrogens is 508 g/mol. The van der Waals surface area contributed by atoms with Gasteiger partial charge in [0.2, 0.25) is 6.29 Å². The first kappa shape index (κ1) is 29.1. The summed E-state index contributed by atoms with van der Waals surface area (Å²) in [4.78, 5) is 23.9. The lowest BCUT2D eigenvalue weighted by Crippen LogP contribution is -2.60. The highest BCUT2D eigenvalue weighted by molar-refractivity contribution is 5.88. The van der Waals surface area contributed by atoms with E-state index < -0.39 is 67.4 Å². The van der Waals surface area contributed by atoms with E-state index in [1.54, 1.807) is 0 Å². The van der Waals surface area contributed by atoms with E-state index in [0.29, 0.717) is 5.56 Å². The number of phenolic OH excluding ortho intramolecular Hbond substituents is 2. The summed E-state index contributed by atoms with van der Waals surface area (Å²) in [6.07, 6.45) is -4.16. The summed E-state index contributed by atoms with van der Waals surface area (Å²) < 4.78 is 21.6. The fourth-order valence-electron chi connectivity index (χ4n) is 4.13. The van der Waals surface area contributed by atoms with Crippen molar-refractivity contribution in [2.24, 2.45) is 11.8 Å². The fraction of sp³-hybridized carbons (Fsp3) is 0.440. The van der Waals surface area contributed by atoms with E-state index in [0.717, 1.165) is 12.3 Å². The molecule has 1 saturated heterocycles. The van der Waals surface area contributed by atoms with Crippen molar-refractivity contribution >= 4 is 18.0 Å². The molecule has 0 saturated carbocycles.